The van der Waals surface area contributed by atoms with Crippen LogP contribution in [-0.4, -0.2) is 27.1 Å². The fourth-order valence-corrected chi connectivity index (χ4v) is 0.486. The molecule has 0 aromatic carbocycles. The number of H-pyrrole nitrogens is 1. The quantitative estimate of drug-likeness (QED) is 0.472. The minimum atomic E-state index is 1.11. The molecule has 6 heavy (non-hydrogen) atoms. The fraction of sp³-hybridized carbons (Fsp3) is 0. The average molecular weight is 142 g/mol. The first kappa shape index (κ1) is 3.94. The summed E-state index contributed by atoms with van der Waals surface area (Å²) in [5.41, 5.74) is 0. The van der Waals surface area contributed by atoms with E-state index in [4.69, 9.17) is 0 Å². The molecule has 2 radical (unpaired) electrons. The summed E-state index contributed by atoms with van der Waals surface area (Å²) < 4.78 is 1.11. The van der Waals surface area contributed by atoms with Gasteiger partial charge < -0.3 is 0 Å². The summed E-state index contributed by atoms with van der Waals surface area (Å²) in [5, 5.41) is 6.34. The molecule has 30 valence electrons. The zero-order valence-electron chi connectivity index (χ0n) is 3.05. The molecule has 0 spiro atoms. The first-order chi connectivity index (χ1) is 2.89. The van der Waals surface area contributed by atoms with E-state index in [1.54, 1.807) is 6.20 Å². The van der Waals surface area contributed by atoms with Crippen LogP contribution >= 0.6 is 0 Å². The monoisotopic (exact) mass is 142 g/mol. The number of rotatable bonds is 0. The van der Waals surface area contributed by atoms with Gasteiger partial charge in [0.05, 0.1) is 0 Å². The summed E-state index contributed by atoms with van der Waals surface area (Å²) in [4.78, 5) is 0. The van der Waals surface area contributed by atoms with Crippen LogP contribution in [0.15, 0.2) is 12.4 Å². The van der Waals surface area contributed by atoms with Gasteiger partial charge in [0.1, 0.15) is 0 Å². The van der Waals surface area contributed by atoms with Gasteiger partial charge in [-0.05, 0) is 0 Å². The molecule has 0 unspecified atom stereocenters. The van der Waals surface area contributed by atoms with Crippen LogP contribution < -0.4 is 4.35 Å². The summed E-state index contributed by atoms with van der Waals surface area (Å²) in [7, 11) is 0. The van der Waals surface area contributed by atoms with Crippen molar-refractivity contribution in [3.63, 3.8) is 0 Å². The van der Waals surface area contributed by atoms with E-state index in [0.717, 1.165) is 4.35 Å². The van der Waals surface area contributed by atoms with Gasteiger partial charge in [-0.3, -0.25) is 0 Å². The maximum atomic E-state index is 3.68. The standard InChI is InChI=1S/C3H3AsN2/c4-3-1-5-6-2-3/h1-2H,(H,5,6). The van der Waals surface area contributed by atoms with E-state index in [0.29, 0.717) is 0 Å². The Morgan fingerprint density at radius 2 is 2.67 bits per heavy atom. The molecule has 0 aliphatic heterocycles. The second-order valence-corrected chi connectivity index (χ2v) is 2.04. The molecule has 0 aliphatic rings. The van der Waals surface area contributed by atoms with Crippen molar-refractivity contribution in [3.05, 3.63) is 12.4 Å². The molecule has 3 heteroatoms. The van der Waals surface area contributed by atoms with Gasteiger partial charge in [-0.15, -0.1) is 0 Å². The summed E-state index contributed by atoms with van der Waals surface area (Å²) in [6.45, 7) is 0. The van der Waals surface area contributed by atoms with E-state index in [2.05, 4.69) is 27.1 Å². The van der Waals surface area contributed by atoms with Crippen LogP contribution in [0.1, 0.15) is 0 Å². The van der Waals surface area contributed by atoms with Crippen LogP contribution in [0.25, 0.3) is 0 Å². The van der Waals surface area contributed by atoms with E-state index in [1.165, 1.54) is 0 Å². The van der Waals surface area contributed by atoms with Gasteiger partial charge in [-0.1, -0.05) is 0 Å². The molecule has 2 nitrogen and oxygen atoms in total. The van der Waals surface area contributed by atoms with Crippen molar-refractivity contribution in [1.29, 1.82) is 0 Å². The molecule has 0 bridgehead atoms. The summed E-state index contributed by atoms with van der Waals surface area (Å²) in [5.74, 6) is 0. The predicted molar refractivity (Wildman–Crippen MR) is 24.0 cm³/mol. The van der Waals surface area contributed by atoms with Crippen LogP contribution in [-0.2, 0) is 0 Å². The van der Waals surface area contributed by atoms with Crippen LogP contribution in [0, 0.1) is 0 Å². The van der Waals surface area contributed by atoms with E-state index >= 15 is 0 Å². The first-order valence-corrected chi connectivity index (χ1v) is 2.51. The van der Waals surface area contributed by atoms with E-state index in [1.807, 2.05) is 6.20 Å². The van der Waals surface area contributed by atoms with Crippen molar-refractivity contribution in [2.75, 3.05) is 0 Å². The molecule has 1 heterocycles. The molecule has 0 fully saturated rings. The van der Waals surface area contributed by atoms with Gasteiger partial charge in [0.15, 0.2) is 0 Å². The summed E-state index contributed by atoms with van der Waals surface area (Å²) in [6.07, 6.45) is 3.57. The van der Waals surface area contributed by atoms with Crippen molar-refractivity contribution in [2.45, 2.75) is 0 Å². The number of hydrogen-bond donors (Lipinski definition) is 1. The first-order valence-electron chi connectivity index (χ1n) is 1.57. The third kappa shape index (κ3) is 0.630. The molecule has 1 N–H and O–H groups in total. The third-order valence-corrected chi connectivity index (χ3v) is 0.997. The zero-order valence-corrected chi connectivity index (χ0v) is 4.93. The van der Waals surface area contributed by atoms with Crippen LogP contribution in [0.4, 0.5) is 0 Å². The van der Waals surface area contributed by atoms with E-state index in [-0.39, 0.29) is 0 Å². The Hall–Kier alpha value is -0.232. The number of aromatic amines is 1. The molecule has 0 amide bonds. The molecule has 0 aliphatic carbocycles. The molecule has 1 aromatic heterocycles. The van der Waals surface area contributed by atoms with Gasteiger partial charge in [-0.25, -0.2) is 0 Å². The Morgan fingerprint density at radius 3 is 2.83 bits per heavy atom. The summed E-state index contributed by atoms with van der Waals surface area (Å²) >= 11 is 2.39. The molecular weight excluding hydrogens is 139 g/mol. The van der Waals surface area contributed by atoms with E-state index < -0.39 is 0 Å². The Morgan fingerprint density at radius 1 is 1.83 bits per heavy atom. The number of aromatic nitrogens is 2. The van der Waals surface area contributed by atoms with Crippen molar-refractivity contribution in [1.82, 2.24) is 10.2 Å². The average Bonchev–Trinajstić information content (AvgIpc) is 1.86. The Balaban J connectivity index is 3.05. The topological polar surface area (TPSA) is 28.7 Å². The summed E-state index contributed by atoms with van der Waals surface area (Å²) in [6, 6.07) is 0. The van der Waals surface area contributed by atoms with Crippen molar-refractivity contribution < 1.29 is 0 Å². The molecule has 0 saturated carbocycles. The van der Waals surface area contributed by atoms with Crippen molar-refractivity contribution >= 4 is 21.2 Å². The van der Waals surface area contributed by atoms with Gasteiger partial charge in [-0.2, -0.15) is 0 Å². The second kappa shape index (κ2) is 1.48. The zero-order chi connectivity index (χ0) is 4.41. The molecule has 0 saturated heterocycles. The minimum absolute atomic E-state index is 1.11. The van der Waals surface area contributed by atoms with Crippen LogP contribution in [0.5, 0.6) is 0 Å². The normalized spacial score (nSPS) is 8.83. The SMILES string of the molecule is [As]c1cn[nH]c1. The molecular formula is C3H3AsN2. The van der Waals surface area contributed by atoms with Gasteiger partial charge in [0, 0.05) is 0 Å². The Labute approximate surface area is 44.4 Å². The number of nitrogens with zero attached hydrogens (tertiary/aromatic N) is 1. The van der Waals surface area contributed by atoms with Gasteiger partial charge >= 0.3 is 43.8 Å². The third-order valence-electron chi connectivity index (χ3n) is 0.484. The Bertz CT molecular complexity index is 112. The maximum absolute atomic E-state index is 3.68. The Kier molecular flexibility index (Phi) is 0.971. The van der Waals surface area contributed by atoms with Gasteiger partial charge in [0.25, 0.3) is 0 Å². The second-order valence-electron chi connectivity index (χ2n) is 0.957. The van der Waals surface area contributed by atoms with Crippen LogP contribution in [0.3, 0.4) is 0 Å². The van der Waals surface area contributed by atoms with Gasteiger partial charge in [0.2, 0.25) is 0 Å². The number of nitrogens with one attached hydrogen (secondary N) is 1. The molecule has 0 atom stereocenters. The fourth-order valence-electron chi connectivity index (χ4n) is 0.244. The van der Waals surface area contributed by atoms with Crippen molar-refractivity contribution in [3.8, 4) is 0 Å². The van der Waals surface area contributed by atoms with Crippen molar-refractivity contribution in [2.24, 2.45) is 0 Å². The predicted octanol–water partition coefficient (Wildman–Crippen LogP) is -0.797. The van der Waals surface area contributed by atoms with E-state index in [9.17, 15) is 0 Å². The molecule has 1 aromatic rings. The number of hydrogen-bond acceptors (Lipinski definition) is 1. The van der Waals surface area contributed by atoms with Crippen LogP contribution in [0.2, 0.25) is 0 Å². The molecule has 1 rings (SSSR count).